The van der Waals surface area contributed by atoms with Crippen LogP contribution < -0.4 is 0 Å². The van der Waals surface area contributed by atoms with Crippen molar-refractivity contribution in [2.75, 3.05) is 0 Å². The molecule has 1 aromatic heterocycles. The van der Waals surface area contributed by atoms with Crippen LogP contribution in [0.4, 0.5) is 4.39 Å². The molecule has 5 heteroatoms. The lowest BCUT2D eigenvalue weighted by Crippen LogP contribution is -2.17. The van der Waals surface area contributed by atoms with E-state index < -0.39 is 11.9 Å². The lowest BCUT2D eigenvalue weighted by atomic mass is 10.4. The van der Waals surface area contributed by atoms with Crippen LogP contribution in [0.2, 0.25) is 0 Å². The van der Waals surface area contributed by atoms with Gasteiger partial charge in [0.15, 0.2) is 5.82 Å². The monoisotopic (exact) mass is 158 g/mol. The van der Waals surface area contributed by atoms with Gasteiger partial charge in [0.2, 0.25) is 0 Å². The average molecular weight is 158 g/mol. The summed E-state index contributed by atoms with van der Waals surface area (Å²) in [5, 5.41) is 12.3. The highest BCUT2D eigenvalue weighted by Gasteiger charge is 2.03. The van der Waals surface area contributed by atoms with Gasteiger partial charge in [-0.05, 0) is 0 Å². The molecule has 0 aromatic carbocycles. The summed E-state index contributed by atoms with van der Waals surface area (Å²) in [6.45, 7) is -0.00653. The summed E-state index contributed by atoms with van der Waals surface area (Å²) in [5.74, 6) is -0.483. The molecular weight excluding hydrogens is 151 g/mol. The molecule has 0 saturated carbocycles. The fourth-order valence-electron chi connectivity index (χ4n) is 0.673. The van der Waals surface area contributed by atoms with E-state index in [0.29, 0.717) is 6.29 Å². The third-order valence-electron chi connectivity index (χ3n) is 1.13. The van der Waals surface area contributed by atoms with Crippen molar-refractivity contribution in [3.05, 3.63) is 18.2 Å². The predicted molar refractivity (Wildman–Crippen MR) is 34.3 cm³/mol. The molecule has 1 N–H and O–H groups in total. The molecule has 0 amide bonds. The number of aldehydes is 1. The number of halogens is 1. The van der Waals surface area contributed by atoms with Crippen molar-refractivity contribution in [3.63, 3.8) is 0 Å². The van der Waals surface area contributed by atoms with Crippen LogP contribution in [0, 0.1) is 5.82 Å². The van der Waals surface area contributed by atoms with Crippen molar-refractivity contribution in [3.8, 4) is 0 Å². The zero-order valence-electron chi connectivity index (χ0n) is 5.64. The third kappa shape index (κ3) is 2.12. The van der Waals surface area contributed by atoms with Gasteiger partial charge in [0.1, 0.15) is 12.4 Å². The summed E-state index contributed by atoms with van der Waals surface area (Å²) >= 11 is 0. The highest BCUT2D eigenvalue weighted by molar-refractivity contribution is 5.55. The van der Waals surface area contributed by atoms with Crippen molar-refractivity contribution in [1.29, 1.82) is 0 Å². The number of hydrogen-bond acceptors (Lipinski definition) is 3. The van der Waals surface area contributed by atoms with E-state index in [9.17, 15) is 9.18 Å². The second-order valence-corrected chi connectivity index (χ2v) is 2.08. The SMILES string of the molecule is O=C[C@@H](O)Cn1cc(F)cn1. The van der Waals surface area contributed by atoms with Gasteiger partial charge in [0.25, 0.3) is 0 Å². The van der Waals surface area contributed by atoms with Gasteiger partial charge in [0, 0.05) is 0 Å². The Morgan fingerprint density at radius 3 is 3.09 bits per heavy atom. The molecule has 1 aromatic rings. The average Bonchev–Trinajstić information content (AvgIpc) is 2.35. The Kier molecular flexibility index (Phi) is 2.32. The van der Waals surface area contributed by atoms with Crippen molar-refractivity contribution < 1.29 is 14.3 Å². The fraction of sp³-hybridized carbons (Fsp3) is 0.333. The van der Waals surface area contributed by atoms with Crippen molar-refractivity contribution in [1.82, 2.24) is 9.78 Å². The molecule has 11 heavy (non-hydrogen) atoms. The Balaban J connectivity index is 2.57. The lowest BCUT2D eigenvalue weighted by Gasteiger charge is -2.00. The number of nitrogens with zero attached hydrogens (tertiary/aromatic N) is 2. The number of rotatable bonds is 3. The van der Waals surface area contributed by atoms with E-state index in [4.69, 9.17) is 5.11 Å². The third-order valence-corrected chi connectivity index (χ3v) is 1.13. The van der Waals surface area contributed by atoms with Crippen LogP contribution in [0.15, 0.2) is 12.4 Å². The largest absolute Gasteiger partial charge is 0.384 e. The first kappa shape index (κ1) is 7.87. The topological polar surface area (TPSA) is 55.1 Å². The van der Waals surface area contributed by atoms with Gasteiger partial charge in [-0.15, -0.1) is 0 Å². The normalized spacial score (nSPS) is 12.9. The van der Waals surface area contributed by atoms with Gasteiger partial charge in [-0.2, -0.15) is 5.10 Å². The second kappa shape index (κ2) is 3.25. The van der Waals surface area contributed by atoms with Gasteiger partial charge in [0.05, 0.1) is 18.9 Å². The molecule has 0 fully saturated rings. The Bertz CT molecular complexity index is 248. The van der Waals surface area contributed by atoms with Crippen LogP contribution in [0.5, 0.6) is 0 Å². The van der Waals surface area contributed by atoms with Crippen molar-refractivity contribution in [2.24, 2.45) is 0 Å². The van der Waals surface area contributed by atoms with Crippen LogP contribution in [0.3, 0.4) is 0 Å². The predicted octanol–water partition coefficient (Wildman–Crippen LogP) is -0.418. The maximum absolute atomic E-state index is 12.2. The van der Waals surface area contributed by atoms with E-state index in [1.165, 1.54) is 0 Å². The first-order valence-electron chi connectivity index (χ1n) is 3.03. The lowest BCUT2D eigenvalue weighted by molar-refractivity contribution is -0.115. The molecule has 4 nitrogen and oxygen atoms in total. The summed E-state index contributed by atoms with van der Waals surface area (Å²) in [7, 11) is 0. The first-order valence-corrected chi connectivity index (χ1v) is 3.03. The van der Waals surface area contributed by atoms with Gasteiger partial charge in [-0.25, -0.2) is 4.39 Å². The standard InChI is InChI=1S/C6H7FN2O2/c7-5-1-8-9(2-5)3-6(11)4-10/h1-2,4,6,11H,3H2/t6-/m0/s1. The van der Waals surface area contributed by atoms with E-state index in [2.05, 4.69) is 5.10 Å². The number of hydrogen-bond donors (Lipinski definition) is 1. The number of carbonyl (C=O) groups excluding carboxylic acids is 1. The van der Waals surface area contributed by atoms with Crippen LogP contribution in [0.25, 0.3) is 0 Å². The quantitative estimate of drug-likeness (QED) is 0.608. The maximum Gasteiger partial charge on any atom is 0.161 e. The number of carbonyl (C=O) groups is 1. The zero-order valence-corrected chi connectivity index (χ0v) is 5.64. The van der Waals surface area contributed by atoms with Crippen LogP contribution in [0.1, 0.15) is 0 Å². The summed E-state index contributed by atoms with van der Waals surface area (Å²) in [6, 6.07) is 0. The first-order chi connectivity index (χ1) is 5.22. The van der Waals surface area contributed by atoms with Crippen molar-refractivity contribution >= 4 is 6.29 Å². The maximum atomic E-state index is 12.2. The van der Waals surface area contributed by atoms with E-state index in [-0.39, 0.29) is 6.54 Å². The Morgan fingerprint density at radius 2 is 2.64 bits per heavy atom. The Labute approximate surface area is 62.3 Å². The van der Waals surface area contributed by atoms with Gasteiger partial charge < -0.3 is 9.90 Å². The highest BCUT2D eigenvalue weighted by atomic mass is 19.1. The molecule has 0 spiro atoms. The zero-order chi connectivity index (χ0) is 8.27. The van der Waals surface area contributed by atoms with Crippen LogP contribution in [-0.2, 0) is 11.3 Å². The minimum Gasteiger partial charge on any atom is -0.384 e. The van der Waals surface area contributed by atoms with Gasteiger partial charge in [-0.3, -0.25) is 4.68 Å². The summed E-state index contributed by atoms with van der Waals surface area (Å²) in [6.07, 6.45) is 1.37. The minimum absolute atomic E-state index is 0.00653. The highest BCUT2D eigenvalue weighted by Crippen LogP contribution is 1.94. The number of aliphatic hydroxyl groups excluding tert-OH is 1. The van der Waals surface area contributed by atoms with E-state index >= 15 is 0 Å². The number of aliphatic hydroxyl groups is 1. The summed E-state index contributed by atoms with van der Waals surface area (Å²) < 4.78 is 13.4. The molecule has 0 radical (unpaired) electrons. The molecule has 0 saturated heterocycles. The summed E-state index contributed by atoms with van der Waals surface area (Å²) in [4.78, 5) is 9.93. The van der Waals surface area contributed by atoms with Crippen molar-refractivity contribution in [2.45, 2.75) is 12.6 Å². The van der Waals surface area contributed by atoms with E-state index in [1.807, 2.05) is 0 Å². The van der Waals surface area contributed by atoms with Gasteiger partial charge >= 0.3 is 0 Å². The molecule has 1 rings (SSSR count). The molecular formula is C6H7FN2O2. The summed E-state index contributed by atoms with van der Waals surface area (Å²) in [5.41, 5.74) is 0. The van der Waals surface area contributed by atoms with Crippen LogP contribution >= 0.6 is 0 Å². The molecule has 60 valence electrons. The van der Waals surface area contributed by atoms with Gasteiger partial charge in [-0.1, -0.05) is 0 Å². The molecule has 0 aliphatic heterocycles. The minimum atomic E-state index is -1.12. The van der Waals surface area contributed by atoms with E-state index in [1.54, 1.807) is 0 Å². The molecule has 0 aliphatic carbocycles. The van der Waals surface area contributed by atoms with Crippen LogP contribution in [-0.4, -0.2) is 27.3 Å². The molecule has 0 aliphatic rings. The molecule has 0 unspecified atom stereocenters. The number of aromatic nitrogens is 2. The molecule has 0 bridgehead atoms. The molecule has 1 heterocycles. The second-order valence-electron chi connectivity index (χ2n) is 2.08. The molecule has 1 atom stereocenters. The Hall–Kier alpha value is -1.23. The smallest absolute Gasteiger partial charge is 0.161 e. The Morgan fingerprint density at radius 1 is 1.91 bits per heavy atom. The fourth-order valence-corrected chi connectivity index (χ4v) is 0.673. The van der Waals surface area contributed by atoms with E-state index in [0.717, 1.165) is 17.1 Å².